The third-order valence-electron chi connectivity index (χ3n) is 4.22. The number of esters is 2. The van der Waals surface area contributed by atoms with Crippen molar-refractivity contribution in [3.8, 4) is 5.75 Å². The number of halogens is 5. The molecule has 13 heteroatoms. The van der Waals surface area contributed by atoms with Crippen LogP contribution in [0.1, 0.15) is 20.7 Å². The summed E-state index contributed by atoms with van der Waals surface area (Å²) in [4.78, 5) is 24.7. The van der Waals surface area contributed by atoms with E-state index in [2.05, 4.69) is 72.5 Å². The molecule has 0 amide bonds. The van der Waals surface area contributed by atoms with Gasteiger partial charge in [0.1, 0.15) is 0 Å². The van der Waals surface area contributed by atoms with Crippen LogP contribution in [0.15, 0.2) is 48.5 Å². The lowest BCUT2D eigenvalue weighted by Gasteiger charge is -2.13. The molecule has 0 unspecified atom stereocenters. The first kappa shape index (κ1) is 26.4. The highest BCUT2D eigenvalue weighted by Gasteiger charge is 2.45. The quantitative estimate of drug-likeness (QED) is 0.152. The number of hydrogen-bond acceptors (Lipinski definition) is 6. The van der Waals surface area contributed by atoms with Crippen LogP contribution >= 0.6 is 67.8 Å². The number of fused-ring (bicyclic) bond motifs is 1. The fraction of sp³-hybridized carbons (Fsp3) is 0.100. The molecule has 0 heterocycles. The standard InChI is InChI=1S/C20H11F2I3O7S/c21-20(22,33(28,29)30)9-31-18(26)12-3-1-11-6-13(4-2-10(11)5-12)19(27)32-17-15(24)7-14(23)8-16(17)25/h1-8H,9H2,(H,28,29,30). The summed E-state index contributed by atoms with van der Waals surface area (Å²) in [6.07, 6.45) is 0. The van der Waals surface area contributed by atoms with E-state index in [0.717, 1.165) is 10.7 Å². The molecule has 7 nitrogen and oxygen atoms in total. The molecule has 33 heavy (non-hydrogen) atoms. The molecular weight excluding hydrogens is 803 g/mol. The maximum Gasteiger partial charge on any atom is 0.402 e. The highest BCUT2D eigenvalue weighted by atomic mass is 127. The van der Waals surface area contributed by atoms with Gasteiger partial charge in [0.05, 0.1) is 18.3 Å². The van der Waals surface area contributed by atoms with E-state index in [1.165, 1.54) is 24.3 Å². The second-order valence-corrected chi connectivity index (χ2v) is 11.7. The molecule has 0 radical (unpaired) electrons. The number of alkyl halides is 2. The van der Waals surface area contributed by atoms with Crippen molar-refractivity contribution in [2.24, 2.45) is 0 Å². The van der Waals surface area contributed by atoms with Crippen LogP contribution in [0.5, 0.6) is 5.75 Å². The van der Waals surface area contributed by atoms with Crippen LogP contribution in [0.3, 0.4) is 0 Å². The Labute approximate surface area is 227 Å². The van der Waals surface area contributed by atoms with Crippen LogP contribution in [0, 0.1) is 10.7 Å². The van der Waals surface area contributed by atoms with Gasteiger partial charge in [0, 0.05) is 3.57 Å². The molecule has 0 saturated heterocycles. The summed E-state index contributed by atoms with van der Waals surface area (Å²) in [5.74, 6) is -1.34. The van der Waals surface area contributed by atoms with Gasteiger partial charge in [0.2, 0.25) is 0 Å². The Morgan fingerprint density at radius 3 is 1.85 bits per heavy atom. The first-order valence-corrected chi connectivity index (χ1v) is 13.4. The molecule has 0 aliphatic rings. The summed E-state index contributed by atoms with van der Waals surface area (Å²) in [6, 6.07) is 12.4. The third-order valence-corrected chi connectivity index (χ3v) is 7.32. The summed E-state index contributed by atoms with van der Waals surface area (Å²) >= 11 is 6.32. The molecule has 1 N–H and O–H groups in total. The third kappa shape index (κ3) is 6.29. The summed E-state index contributed by atoms with van der Waals surface area (Å²) < 4.78 is 68.6. The number of rotatable bonds is 6. The van der Waals surface area contributed by atoms with E-state index in [0.29, 0.717) is 16.5 Å². The van der Waals surface area contributed by atoms with Crippen LogP contribution in [-0.2, 0) is 14.9 Å². The number of ether oxygens (including phenoxy) is 2. The van der Waals surface area contributed by atoms with Crippen molar-refractivity contribution >= 4 is 101 Å². The molecule has 0 aliphatic heterocycles. The van der Waals surface area contributed by atoms with Gasteiger partial charge >= 0.3 is 27.3 Å². The Hall–Kier alpha value is -1.18. The molecule has 0 atom stereocenters. The van der Waals surface area contributed by atoms with Gasteiger partial charge in [-0.3, -0.25) is 4.55 Å². The lowest BCUT2D eigenvalue weighted by Crippen LogP contribution is -2.34. The minimum Gasteiger partial charge on any atom is -0.454 e. The molecule has 174 valence electrons. The van der Waals surface area contributed by atoms with E-state index >= 15 is 0 Å². The van der Waals surface area contributed by atoms with E-state index in [1.807, 2.05) is 12.1 Å². The lowest BCUT2D eigenvalue weighted by atomic mass is 10.0. The van der Waals surface area contributed by atoms with Crippen molar-refractivity contribution in [2.75, 3.05) is 6.61 Å². The average molecular weight is 814 g/mol. The zero-order chi connectivity index (χ0) is 24.6. The van der Waals surface area contributed by atoms with Gasteiger partial charge in [-0.2, -0.15) is 17.2 Å². The fourth-order valence-corrected chi connectivity index (χ4v) is 6.60. The van der Waals surface area contributed by atoms with Gasteiger partial charge < -0.3 is 9.47 Å². The second kappa shape index (κ2) is 10.2. The summed E-state index contributed by atoms with van der Waals surface area (Å²) in [5, 5.41) is -3.56. The highest BCUT2D eigenvalue weighted by molar-refractivity contribution is 14.1. The van der Waals surface area contributed by atoms with Gasteiger partial charge in [0.25, 0.3) is 0 Å². The van der Waals surface area contributed by atoms with E-state index < -0.39 is 33.9 Å². The van der Waals surface area contributed by atoms with Crippen LogP contribution in [-0.4, -0.2) is 36.8 Å². The molecule has 0 fully saturated rings. The minimum absolute atomic E-state index is 0.119. The molecule has 0 saturated carbocycles. The van der Waals surface area contributed by atoms with Crippen molar-refractivity contribution in [2.45, 2.75) is 5.25 Å². The largest absolute Gasteiger partial charge is 0.454 e. The number of carbonyl (C=O) groups excluding carboxylic acids is 2. The number of hydrogen-bond donors (Lipinski definition) is 1. The lowest BCUT2D eigenvalue weighted by molar-refractivity contribution is -0.00949. The first-order chi connectivity index (χ1) is 15.3. The van der Waals surface area contributed by atoms with E-state index in [-0.39, 0.29) is 11.1 Å². The SMILES string of the molecule is O=C(OCC(F)(F)S(=O)(=O)O)c1ccc2cc(C(=O)Oc3c(I)cc(I)cc3I)ccc2c1. The van der Waals surface area contributed by atoms with Crippen LogP contribution in [0.25, 0.3) is 10.8 Å². The smallest absolute Gasteiger partial charge is 0.402 e. The van der Waals surface area contributed by atoms with Crippen molar-refractivity contribution in [3.63, 3.8) is 0 Å². The molecule has 0 aliphatic carbocycles. The van der Waals surface area contributed by atoms with Crippen molar-refractivity contribution in [1.29, 1.82) is 0 Å². The summed E-state index contributed by atoms with van der Waals surface area (Å²) in [7, 11) is -5.71. The zero-order valence-electron chi connectivity index (χ0n) is 16.0. The van der Waals surface area contributed by atoms with Crippen molar-refractivity contribution in [1.82, 2.24) is 0 Å². The normalized spacial score (nSPS) is 11.9. The Morgan fingerprint density at radius 2 is 1.36 bits per heavy atom. The van der Waals surface area contributed by atoms with Crippen molar-refractivity contribution in [3.05, 3.63) is 70.4 Å². The Balaban J connectivity index is 1.78. The predicted molar refractivity (Wildman–Crippen MR) is 140 cm³/mol. The minimum atomic E-state index is -5.71. The molecule has 3 aromatic carbocycles. The molecule has 0 spiro atoms. The zero-order valence-corrected chi connectivity index (χ0v) is 23.3. The molecule has 0 aromatic heterocycles. The Kier molecular flexibility index (Phi) is 8.17. The predicted octanol–water partition coefficient (Wildman–Crippen LogP) is 5.51. The molecule has 0 bridgehead atoms. The molecule has 3 aromatic rings. The fourth-order valence-electron chi connectivity index (χ4n) is 2.59. The van der Waals surface area contributed by atoms with Crippen LogP contribution < -0.4 is 4.74 Å². The second-order valence-electron chi connectivity index (χ2n) is 6.55. The first-order valence-electron chi connectivity index (χ1n) is 8.71. The molecular formula is C20H11F2I3O7S. The monoisotopic (exact) mass is 814 g/mol. The van der Waals surface area contributed by atoms with Crippen molar-refractivity contribution < 1.29 is 40.8 Å². The van der Waals surface area contributed by atoms with E-state index in [4.69, 9.17) is 9.29 Å². The van der Waals surface area contributed by atoms with Gasteiger partial charge in [-0.1, -0.05) is 12.1 Å². The van der Waals surface area contributed by atoms with Gasteiger partial charge in [-0.25, -0.2) is 9.59 Å². The number of carbonyl (C=O) groups is 2. The Morgan fingerprint density at radius 1 is 0.879 bits per heavy atom. The van der Waals surface area contributed by atoms with E-state index in [1.54, 1.807) is 12.1 Å². The van der Waals surface area contributed by atoms with Gasteiger partial charge in [-0.05, 0) is 115 Å². The number of benzene rings is 3. The summed E-state index contributed by atoms with van der Waals surface area (Å²) in [5.41, 5.74) is 0.141. The van der Waals surface area contributed by atoms with Crippen LogP contribution in [0.4, 0.5) is 8.78 Å². The van der Waals surface area contributed by atoms with Gasteiger partial charge in [0.15, 0.2) is 12.4 Å². The topological polar surface area (TPSA) is 107 Å². The maximum atomic E-state index is 13.2. The maximum absolute atomic E-state index is 13.2. The average Bonchev–Trinajstić information content (AvgIpc) is 2.72. The van der Waals surface area contributed by atoms with Gasteiger partial charge in [-0.15, -0.1) is 0 Å². The van der Waals surface area contributed by atoms with E-state index in [9.17, 15) is 26.8 Å². The Bertz CT molecular complexity index is 1350. The van der Waals surface area contributed by atoms with Crippen LogP contribution in [0.2, 0.25) is 0 Å². The summed E-state index contributed by atoms with van der Waals surface area (Å²) in [6.45, 7) is -1.83. The highest BCUT2D eigenvalue weighted by Crippen LogP contribution is 2.30. The molecule has 3 rings (SSSR count).